The van der Waals surface area contributed by atoms with Crippen LogP contribution in [0.2, 0.25) is 0 Å². The molecule has 0 aromatic heterocycles. The first-order valence-electron chi connectivity index (χ1n) is 6.42. The Hall–Kier alpha value is -3.28. The summed E-state index contributed by atoms with van der Waals surface area (Å²) in [7, 11) is 0. The van der Waals surface area contributed by atoms with Gasteiger partial charge in [-0.25, -0.2) is 4.79 Å². The Morgan fingerprint density at radius 3 is 2.27 bits per heavy atom. The van der Waals surface area contributed by atoms with Crippen LogP contribution in [0.5, 0.6) is 5.75 Å². The van der Waals surface area contributed by atoms with Crippen LogP contribution in [0.25, 0.3) is 11.1 Å². The third kappa shape index (κ3) is 3.86. The number of urea groups is 1. The van der Waals surface area contributed by atoms with E-state index in [9.17, 15) is 14.7 Å². The monoisotopic (exact) mass is 297 g/mol. The lowest BCUT2D eigenvalue weighted by molar-refractivity contribution is -0.111. The molecule has 0 fully saturated rings. The first-order chi connectivity index (χ1) is 10.5. The standard InChI is InChI=1S/C16H15N3O3/c1-2-15(21)18-13-7-11(8-14(20)9-13)10-3-5-12(6-4-10)19-16(17)22/h2-9,20H,1H2,(H,18,21)(H3,17,19,22). The van der Waals surface area contributed by atoms with Gasteiger partial charge < -0.3 is 21.5 Å². The molecule has 5 N–H and O–H groups in total. The van der Waals surface area contributed by atoms with Gasteiger partial charge in [0.2, 0.25) is 5.91 Å². The fourth-order valence-corrected chi connectivity index (χ4v) is 1.93. The van der Waals surface area contributed by atoms with Gasteiger partial charge in [-0.05, 0) is 41.5 Å². The van der Waals surface area contributed by atoms with Gasteiger partial charge >= 0.3 is 6.03 Å². The third-order valence-electron chi connectivity index (χ3n) is 2.86. The highest BCUT2D eigenvalue weighted by Crippen LogP contribution is 2.28. The SMILES string of the molecule is C=CC(=O)Nc1cc(O)cc(-c2ccc(NC(N)=O)cc2)c1. The summed E-state index contributed by atoms with van der Waals surface area (Å²) in [4.78, 5) is 22.1. The van der Waals surface area contributed by atoms with Crippen LogP contribution in [-0.4, -0.2) is 17.0 Å². The van der Waals surface area contributed by atoms with Crippen LogP contribution in [0.4, 0.5) is 16.2 Å². The van der Waals surface area contributed by atoms with Crippen LogP contribution in [-0.2, 0) is 4.79 Å². The van der Waals surface area contributed by atoms with Crippen molar-refractivity contribution in [1.29, 1.82) is 0 Å². The van der Waals surface area contributed by atoms with Gasteiger partial charge in [-0.3, -0.25) is 4.79 Å². The van der Waals surface area contributed by atoms with E-state index in [-0.39, 0.29) is 11.7 Å². The van der Waals surface area contributed by atoms with Crippen LogP contribution >= 0.6 is 0 Å². The van der Waals surface area contributed by atoms with Crippen molar-refractivity contribution in [3.05, 3.63) is 55.1 Å². The summed E-state index contributed by atoms with van der Waals surface area (Å²) in [5.41, 5.74) is 7.58. The molecular weight excluding hydrogens is 282 g/mol. The molecule has 2 rings (SSSR count). The number of carbonyl (C=O) groups excluding carboxylic acids is 2. The summed E-state index contributed by atoms with van der Waals surface area (Å²) < 4.78 is 0. The molecule has 0 spiro atoms. The van der Waals surface area contributed by atoms with Gasteiger partial charge in [0, 0.05) is 17.4 Å². The van der Waals surface area contributed by atoms with Crippen molar-refractivity contribution in [2.45, 2.75) is 0 Å². The molecule has 6 nitrogen and oxygen atoms in total. The lowest BCUT2D eigenvalue weighted by Gasteiger charge is -2.09. The molecule has 6 heteroatoms. The average Bonchev–Trinajstić information content (AvgIpc) is 2.46. The molecule has 3 amide bonds. The Labute approximate surface area is 127 Å². The van der Waals surface area contributed by atoms with Gasteiger partial charge in [0.1, 0.15) is 5.75 Å². The van der Waals surface area contributed by atoms with Gasteiger partial charge in [0.05, 0.1) is 0 Å². The zero-order chi connectivity index (χ0) is 16.1. The molecule has 0 unspecified atom stereocenters. The van der Waals surface area contributed by atoms with Crippen molar-refractivity contribution in [3.8, 4) is 16.9 Å². The molecule has 22 heavy (non-hydrogen) atoms. The number of carbonyl (C=O) groups is 2. The zero-order valence-corrected chi connectivity index (χ0v) is 11.7. The number of hydrogen-bond acceptors (Lipinski definition) is 3. The maximum atomic E-state index is 11.3. The number of primary amides is 1. The topological polar surface area (TPSA) is 104 Å². The number of anilines is 2. The Kier molecular flexibility index (Phi) is 4.43. The number of hydrogen-bond donors (Lipinski definition) is 4. The average molecular weight is 297 g/mol. The first kappa shape index (κ1) is 15.1. The van der Waals surface area contributed by atoms with E-state index < -0.39 is 6.03 Å². The van der Waals surface area contributed by atoms with E-state index in [0.29, 0.717) is 16.9 Å². The summed E-state index contributed by atoms with van der Waals surface area (Å²) in [5.74, 6) is -0.339. The van der Waals surface area contributed by atoms with E-state index in [1.165, 1.54) is 6.07 Å². The smallest absolute Gasteiger partial charge is 0.316 e. The van der Waals surface area contributed by atoms with Crippen LogP contribution in [0.15, 0.2) is 55.1 Å². The molecule has 0 saturated carbocycles. The number of nitrogens with one attached hydrogen (secondary N) is 2. The van der Waals surface area contributed by atoms with Crippen LogP contribution in [0, 0.1) is 0 Å². The minimum Gasteiger partial charge on any atom is -0.508 e. The van der Waals surface area contributed by atoms with Crippen molar-refractivity contribution >= 4 is 23.3 Å². The molecule has 0 atom stereocenters. The minimum atomic E-state index is -0.639. The Bertz CT molecular complexity index is 724. The zero-order valence-electron chi connectivity index (χ0n) is 11.7. The molecule has 2 aromatic carbocycles. The van der Waals surface area contributed by atoms with E-state index in [0.717, 1.165) is 11.6 Å². The molecule has 112 valence electrons. The maximum absolute atomic E-state index is 11.3. The second kappa shape index (κ2) is 6.45. The minimum absolute atomic E-state index is 0.0243. The fraction of sp³-hybridized carbons (Fsp3) is 0. The van der Waals surface area contributed by atoms with Gasteiger partial charge in [-0.1, -0.05) is 18.7 Å². The van der Waals surface area contributed by atoms with Gasteiger partial charge in [-0.15, -0.1) is 0 Å². The number of phenols is 1. The molecule has 0 heterocycles. The Morgan fingerprint density at radius 1 is 1.00 bits per heavy atom. The summed E-state index contributed by atoms with van der Waals surface area (Å²) in [6, 6.07) is 11.0. The lowest BCUT2D eigenvalue weighted by atomic mass is 10.0. The van der Waals surface area contributed by atoms with Crippen LogP contribution in [0.3, 0.4) is 0 Å². The summed E-state index contributed by atoms with van der Waals surface area (Å²) >= 11 is 0. The molecule has 0 bridgehead atoms. The highest BCUT2D eigenvalue weighted by Gasteiger charge is 2.05. The van der Waals surface area contributed by atoms with E-state index in [1.807, 2.05) is 0 Å². The molecule has 0 aliphatic carbocycles. The molecule has 0 radical (unpaired) electrons. The second-order valence-corrected chi connectivity index (χ2v) is 4.53. The number of amides is 3. The van der Waals surface area contributed by atoms with E-state index in [1.54, 1.807) is 36.4 Å². The number of phenolic OH excluding ortho intramolecular Hbond substituents is 1. The second-order valence-electron chi connectivity index (χ2n) is 4.53. The third-order valence-corrected chi connectivity index (χ3v) is 2.86. The van der Waals surface area contributed by atoms with Crippen molar-refractivity contribution < 1.29 is 14.7 Å². The predicted octanol–water partition coefficient (Wildman–Crippen LogP) is 2.67. The maximum Gasteiger partial charge on any atom is 0.316 e. The molecular formula is C16H15N3O3. The molecule has 2 aromatic rings. The van der Waals surface area contributed by atoms with Gasteiger partial charge in [-0.2, -0.15) is 0 Å². The van der Waals surface area contributed by atoms with Crippen LogP contribution < -0.4 is 16.4 Å². The Balaban J connectivity index is 2.29. The number of benzene rings is 2. The molecule has 0 aliphatic rings. The normalized spacial score (nSPS) is 9.82. The summed E-state index contributed by atoms with van der Waals surface area (Å²) in [6.07, 6.45) is 1.15. The lowest BCUT2D eigenvalue weighted by Crippen LogP contribution is -2.19. The fourth-order valence-electron chi connectivity index (χ4n) is 1.93. The van der Waals surface area contributed by atoms with E-state index >= 15 is 0 Å². The van der Waals surface area contributed by atoms with Gasteiger partial charge in [0.15, 0.2) is 0 Å². The van der Waals surface area contributed by atoms with Crippen molar-refractivity contribution in [1.82, 2.24) is 0 Å². The first-order valence-corrected chi connectivity index (χ1v) is 6.42. The van der Waals surface area contributed by atoms with Gasteiger partial charge in [0.25, 0.3) is 0 Å². The number of rotatable bonds is 4. The quantitative estimate of drug-likeness (QED) is 0.652. The van der Waals surface area contributed by atoms with E-state index in [2.05, 4.69) is 17.2 Å². The summed E-state index contributed by atoms with van der Waals surface area (Å²) in [5, 5.41) is 14.8. The molecule has 0 saturated heterocycles. The largest absolute Gasteiger partial charge is 0.508 e. The summed E-state index contributed by atoms with van der Waals surface area (Å²) in [6.45, 7) is 3.37. The van der Waals surface area contributed by atoms with Crippen molar-refractivity contribution in [3.63, 3.8) is 0 Å². The predicted molar refractivity (Wildman–Crippen MR) is 85.6 cm³/mol. The number of aromatic hydroxyl groups is 1. The highest BCUT2D eigenvalue weighted by molar-refractivity contribution is 5.99. The highest BCUT2D eigenvalue weighted by atomic mass is 16.3. The van der Waals surface area contributed by atoms with Crippen LogP contribution in [0.1, 0.15) is 0 Å². The Morgan fingerprint density at radius 2 is 1.68 bits per heavy atom. The van der Waals surface area contributed by atoms with Crippen molar-refractivity contribution in [2.75, 3.05) is 10.6 Å². The van der Waals surface area contributed by atoms with E-state index in [4.69, 9.17) is 5.73 Å². The molecule has 0 aliphatic heterocycles. The number of nitrogens with two attached hydrogens (primary N) is 1. The van der Waals surface area contributed by atoms with Crippen molar-refractivity contribution in [2.24, 2.45) is 5.73 Å².